The first-order valence-corrected chi connectivity index (χ1v) is 11.2. The van der Waals surface area contributed by atoms with Gasteiger partial charge in [0.25, 0.3) is 0 Å². The monoisotopic (exact) mass is 410 g/mol. The van der Waals surface area contributed by atoms with Crippen molar-refractivity contribution in [1.82, 2.24) is 0 Å². The molecule has 0 aliphatic heterocycles. The summed E-state index contributed by atoms with van der Waals surface area (Å²) in [6, 6.07) is 43.9. The fourth-order valence-corrected chi connectivity index (χ4v) is 4.89. The number of hydrogen-bond donors (Lipinski definition) is 0. The van der Waals surface area contributed by atoms with Gasteiger partial charge in [0.05, 0.1) is 6.42 Å². The zero-order valence-corrected chi connectivity index (χ0v) is 17.9. The predicted molar refractivity (Wildman–Crippen MR) is 134 cm³/mol. The minimum absolute atomic E-state index is 0.861. The third-order valence-electron chi connectivity index (χ3n) is 6.45. The summed E-state index contributed by atoms with van der Waals surface area (Å²) in [6.07, 6.45) is 0.888. The third kappa shape index (κ3) is 3.33. The van der Waals surface area contributed by atoms with Gasteiger partial charge in [0.1, 0.15) is 0 Å². The Labute approximate surface area is 188 Å². The fourth-order valence-electron chi connectivity index (χ4n) is 4.89. The van der Waals surface area contributed by atoms with Gasteiger partial charge >= 0.3 is 0 Å². The van der Waals surface area contributed by atoms with Crippen molar-refractivity contribution in [2.45, 2.75) is 13.0 Å². The van der Waals surface area contributed by atoms with Crippen LogP contribution in [0, 0.1) is 0 Å². The van der Waals surface area contributed by atoms with E-state index in [9.17, 15) is 0 Å². The van der Waals surface area contributed by atoms with Gasteiger partial charge in [-0.15, -0.1) is 0 Å². The van der Waals surface area contributed by atoms with Crippen molar-refractivity contribution < 1.29 is 4.57 Å². The molecular weight excluding hydrogens is 386 g/mol. The summed E-state index contributed by atoms with van der Waals surface area (Å²) in [6.45, 7) is 0.861. The molecule has 5 aromatic carbocycles. The van der Waals surface area contributed by atoms with Crippen molar-refractivity contribution in [2.75, 3.05) is 0 Å². The molecule has 1 heterocycles. The molecule has 0 bridgehead atoms. The van der Waals surface area contributed by atoms with Gasteiger partial charge in [0.2, 0.25) is 5.52 Å². The Morgan fingerprint density at radius 1 is 0.500 bits per heavy atom. The maximum Gasteiger partial charge on any atom is 0.212 e. The van der Waals surface area contributed by atoms with Crippen LogP contribution in [-0.4, -0.2) is 0 Å². The molecule has 1 heteroatoms. The van der Waals surface area contributed by atoms with Crippen LogP contribution in [0.5, 0.6) is 0 Å². The zero-order valence-electron chi connectivity index (χ0n) is 17.9. The molecule has 0 amide bonds. The molecule has 0 spiro atoms. The zero-order chi connectivity index (χ0) is 21.3. The molecule has 0 fully saturated rings. The average molecular weight is 411 g/mol. The number of hydrogen-bond acceptors (Lipinski definition) is 0. The lowest BCUT2D eigenvalue weighted by Gasteiger charge is -2.13. The number of pyridine rings is 1. The molecular formula is C31H24N+. The van der Waals surface area contributed by atoms with Crippen LogP contribution < -0.4 is 4.57 Å². The smallest absolute Gasteiger partial charge is 0.191 e. The number of aromatic nitrogens is 1. The molecule has 0 radical (unpaired) electrons. The van der Waals surface area contributed by atoms with Gasteiger partial charge in [-0.3, -0.25) is 0 Å². The Hall–Kier alpha value is -3.97. The van der Waals surface area contributed by atoms with Crippen molar-refractivity contribution in [3.8, 4) is 0 Å². The minimum Gasteiger partial charge on any atom is -0.191 e. The molecule has 0 unspecified atom stereocenters. The summed E-state index contributed by atoms with van der Waals surface area (Å²) >= 11 is 0. The number of benzene rings is 5. The maximum atomic E-state index is 2.49. The quantitative estimate of drug-likeness (QED) is 0.216. The second-order valence-corrected chi connectivity index (χ2v) is 8.43. The van der Waals surface area contributed by atoms with Crippen LogP contribution in [0.15, 0.2) is 121 Å². The SMILES string of the molecule is c1ccc(C[n+]2c(Cc3c4ccccc4cc4ccccc34)ccc3ccccc32)cc1. The highest BCUT2D eigenvalue weighted by Gasteiger charge is 2.19. The second-order valence-electron chi connectivity index (χ2n) is 8.43. The van der Waals surface area contributed by atoms with Crippen LogP contribution in [0.25, 0.3) is 32.4 Å². The third-order valence-corrected chi connectivity index (χ3v) is 6.45. The average Bonchev–Trinajstić information content (AvgIpc) is 2.86. The van der Waals surface area contributed by atoms with Gasteiger partial charge in [0.15, 0.2) is 12.2 Å². The van der Waals surface area contributed by atoms with Crippen molar-refractivity contribution in [1.29, 1.82) is 0 Å². The van der Waals surface area contributed by atoms with E-state index in [1.165, 1.54) is 49.3 Å². The molecule has 0 saturated heterocycles. The summed E-state index contributed by atoms with van der Waals surface area (Å²) in [7, 11) is 0. The number of rotatable bonds is 4. The van der Waals surface area contributed by atoms with Crippen molar-refractivity contribution in [3.63, 3.8) is 0 Å². The van der Waals surface area contributed by atoms with Crippen molar-refractivity contribution >= 4 is 32.4 Å². The first-order valence-electron chi connectivity index (χ1n) is 11.2. The van der Waals surface area contributed by atoms with Gasteiger partial charge in [-0.25, -0.2) is 0 Å². The van der Waals surface area contributed by atoms with E-state index in [0.29, 0.717) is 0 Å². The Kier molecular flexibility index (Phi) is 4.66. The van der Waals surface area contributed by atoms with E-state index in [4.69, 9.17) is 0 Å². The van der Waals surface area contributed by atoms with Gasteiger partial charge in [0, 0.05) is 23.1 Å². The molecule has 0 aliphatic rings. The van der Waals surface area contributed by atoms with E-state index in [0.717, 1.165) is 13.0 Å². The first kappa shape index (κ1) is 18.8. The molecule has 6 aromatic rings. The largest absolute Gasteiger partial charge is 0.212 e. The van der Waals surface area contributed by atoms with E-state index >= 15 is 0 Å². The minimum atomic E-state index is 0.861. The molecule has 6 rings (SSSR count). The predicted octanol–water partition coefficient (Wildman–Crippen LogP) is 7.07. The molecule has 1 aromatic heterocycles. The summed E-state index contributed by atoms with van der Waals surface area (Å²) in [5, 5.41) is 6.55. The molecule has 0 aliphatic carbocycles. The lowest BCUT2D eigenvalue weighted by atomic mass is 9.93. The molecule has 32 heavy (non-hydrogen) atoms. The van der Waals surface area contributed by atoms with Gasteiger partial charge in [-0.05, 0) is 45.3 Å². The molecule has 0 atom stereocenters. The van der Waals surface area contributed by atoms with Crippen LogP contribution in [-0.2, 0) is 13.0 Å². The fraction of sp³-hybridized carbons (Fsp3) is 0.0645. The Morgan fingerprint density at radius 3 is 1.81 bits per heavy atom. The number of para-hydroxylation sites is 1. The van der Waals surface area contributed by atoms with Crippen LogP contribution in [0.3, 0.4) is 0 Å². The van der Waals surface area contributed by atoms with Crippen molar-refractivity contribution in [3.05, 3.63) is 138 Å². The van der Waals surface area contributed by atoms with Crippen LogP contribution in [0.4, 0.5) is 0 Å². The lowest BCUT2D eigenvalue weighted by Crippen LogP contribution is -2.40. The topological polar surface area (TPSA) is 3.88 Å². The molecule has 0 saturated carbocycles. The Morgan fingerprint density at radius 2 is 1.09 bits per heavy atom. The Bertz CT molecular complexity index is 1510. The van der Waals surface area contributed by atoms with Crippen LogP contribution in [0.2, 0.25) is 0 Å². The number of fused-ring (bicyclic) bond motifs is 3. The molecule has 152 valence electrons. The summed E-state index contributed by atoms with van der Waals surface area (Å²) in [4.78, 5) is 0. The van der Waals surface area contributed by atoms with Crippen LogP contribution in [0.1, 0.15) is 16.8 Å². The molecule has 1 nitrogen and oxygen atoms in total. The Balaban J connectivity index is 1.58. The maximum absolute atomic E-state index is 2.49. The highest BCUT2D eigenvalue weighted by molar-refractivity contribution is 6.02. The van der Waals surface area contributed by atoms with Gasteiger partial charge in [-0.1, -0.05) is 91.0 Å². The highest BCUT2D eigenvalue weighted by Crippen LogP contribution is 2.30. The van der Waals surface area contributed by atoms with E-state index in [1.54, 1.807) is 0 Å². The first-order chi connectivity index (χ1) is 15.9. The van der Waals surface area contributed by atoms with Crippen LogP contribution >= 0.6 is 0 Å². The van der Waals surface area contributed by atoms with E-state index in [-0.39, 0.29) is 0 Å². The summed E-state index contributed by atoms with van der Waals surface area (Å²) in [5.74, 6) is 0. The van der Waals surface area contributed by atoms with Crippen molar-refractivity contribution in [2.24, 2.45) is 0 Å². The van der Waals surface area contributed by atoms with E-state index in [1.807, 2.05) is 0 Å². The normalized spacial score (nSPS) is 11.4. The second kappa shape index (κ2) is 7.94. The number of nitrogens with zero attached hydrogens (tertiary/aromatic N) is 1. The van der Waals surface area contributed by atoms with Gasteiger partial charge < -0.3 is 0 Å². The summed E-state index contributed by atoms with van der Waals surface area (Å²) < 4.78 is 2.49. The summed E-state index contributed by atoms with van der Waals surface area (Å²) in [5.41, 5.74) is 5.32. The van der Waals surface area contributed by atoms with E-state index in [2.05, 4.69) is 126 Å². The molecule has 0 N–H and O–H groups in total. The standard InChI is InChI=1S/C31H24N/c1-2-10-23(11-3-1)22-32-27(19-18-24-12-6-9-17-31(24)32)21-30-28-15-7-4-13-25(28)20-26-14-5-8-16-29(26)30/h1-20H,21-22H2/q+1. The highest BCUT2D eigenvalue weighted by atomic mass is 15.0. The lowest BCUT2D eigenvalue weighted by molar-refractivity contribution is -0.669. The van der Waals surface area contributed by atoms with E-state index < -0.39 is 0 Å². The van der Waals surface area contributed by atoms with Gasteiger partial charge in [-0.2, -0.15) is 4.57 Å².